The Bertz CT molecular complexity index is 1580. The summed E-state index contributed by atoms with van der Waals surface area (Å²) in [5.41, 5.74) is 4.21. The molecule has 1 fully saturated rings. The van der Waals surface area contributed by atoms with Crippen LogP contribution in [0.4, 0.5) is 5.69 Å². The Hall–Kier alpha value is -3.55. The largest absolute Gasteiger partial charge is 0.497 e. The van der Waals surface area contributed by atoms with Gasteiger partial charge in [0, 0.05) is 29.9 Å². The standard InChI is InChI=1S/C39H46ClNO6/c1-38(2,3)47-37(43)28-10-16-36-34(21-28)41(24-39(25-46-36)18-5-6-27-20-30(40)11-15-33(27)39)22-29-9-14-32(29)35(17-19-42)45-23-26-7-12-31(44-4)13-8-26/h7-8,10-13,15-16,19-21,29,32,35H,5-6,9,14,17-18,22-25H2,1-4H3/t29-,32+,35-,39?/m0/s1. The Morgan fingerprint density at radius 2 is 1.91 bits per heavy atom. The van der Waals surface area contributed by atoms with Gasteiger partial charge in [0.25, 0.3) is 0 Å². The molecule has 47 heavy (non-hydrogen) atoms. The second kappa shape index (κ2) is 13.9. The highest BCUT2D eigenvalue weighted by atomic mass is 35.5. The van der Waals surface area contributed by atoms with Crippen molar-refractivity contribution < 1.29 is 28.5 Å². The minimum absolute atomic E-state index is 0.171. The maximum atomic E-state index is 13.2. The lowest BCUT2D eigenvalue weighted by molar-refractivity contribution is -0.114. The number of benzene rings is 3. The fourth-order valence-electron chi connectivity index (χ4n) is 7.56. The molecule has 0 saturated heterocycles. The van der Waals surface area contributed by atoms with Crippen LogP contribution in [0, 0.1) is 11.8 Å². The zero-order valence-corrected chi connectivity index (χ0v) is 28.7. The number of aryl methyl sites for hydroxylation is 1. The van der Waals surface area contributed by atoms with Crippen LogP contribution in [0.25, 0.3) is 0 Å². The molecular weight excluding hydrogens is 614 g/mol. The quantitative estimate of drug-likeness (QED) is 0.161. The molecule has 1 saturated carbocycles. The molecule has 2 aliphatic carbocycles. The van der Waals surface area contributed by atoms with Crippen LogP contribution in [-0.2, 0) is 32.7 Å². The summed E-state index contributed by atoms with van der Waals surface area (Å²) >= 11 is 6.45. The van der Waals surface area contributed by atoms with Gasteiger partial charge in [0.15, 0.2) is 0 Å². The van der Waals surface area contributed by atoms with Crippen LogP contribution in [0.3, 0.4) is 0 Å². The van der Waals surface area contributed by atoms with E-state index in [2.05, 4.69) is 17.0 Å². The van der Waals surface area contributed by atoms with Crippen molar-refractivity contribution in [1.82, 2.24) is 0 Å². The predicted molar refractivity (Wildman–Crippen MR) is 184 cm³/mol. The third-order valence-electron chi connectivity index (χ3n) is 10.0. The number of hydrogen-bond donors (Lipinski definition) is 0. The molecule has 1 unspecified atom stereocenters. The zero-order chi connectivity index (χ0) is 33.2. The second-order valence-corrected chi connectivity index (χ2v) is 14.8. The number of hydrogen-bond acceptors (Lipinski definition) is 7. The molecule has 250 valence electrons. The minimum Gasteiger partial charge on any atom is -0.497 e. The van der Waals surface area contributed by atoms with Crippen molar-refractivity contribution in [3.05, 3.63) is 87.9 Å². The molecule has 1 heterocycles. The molecule has 3 aromatic rings. The summed E-state index contributed by atoms with van der Waals surface area (Å²) in [5, 5.41) is 0.755. The molecule has 0 N–H and O–H groups in total. The molecule has 0 amide bonds. The van der Waals surface area contributed by atoms with Crippen molar-refractivity contribution in [2.75, 3.05) is 31.7 Å². The number of nitrogens with zero attached hydrogens (tertiary/aromatic N) is 1. The summed E-state index contributed by atoms with van der Waals surface area (Å²) in [5.74, 6) is 1.78. The van der Waals surface area contributed by atoms with E-state index in [4.69, 9.17) is 30.5 Å². The first-order valence-corrected chi connectivity index (χ1v) is 17.2. The van der Waals surface area contributed by atoms with Gasteiger partial charge < -0.3 is 28.6 Å². The molecule has 0 aromatic heterocycles. The molecule has 3 aromatic carbocycles. The Balaban J connectivity index is 1.29. The van der Waals surface area contributed by atoms with Crippen LogP contribution < -0.4 is 14.4 Å². The van der Waals surface area contributed by atoms with E-state index >= 15 is 0 Å². The van der Waals surface area contributed by atoms with Gasteiger partial charge >= 0.3 is 5.97 Å². The molecule has 1 spiro atoms. The van der Waals surface area contributed by atoms with Gasteiger partial charge in [0.2, 0.25) is 0 Å². The zero-order valence-electron chi connectivity index (χ0n) is 27.9. The maximum absolute atomic E-state index is 13.2. The van der Waals surface area contributed by atoms with E-state index in [-0.39, 0.29) is 23.4 Å². The molecule has 8 heteroatoms. The number of halogens is 1. The van der Waals surface area contributed by atoms with Gasteiger partial charge in [-0.3, -0.25) is 0 Å². The van der Waals surface area contributed by atoms with Crippen molar-refractivity contribution in [2.45, 2.75) is 83.0 Å². The molecule has 6 rings (SSSR count). The average molecular weight is 660 g/mol. The van der Waals surface area contributed by atoms with E-state index < -0.39 is 5.60 Å². The number of carbonyl (C=O) groups is 2. The molecule has 0 radical (unpaired) electrons. The Kier molecular flexibility index (Phi) is 9.86. The lowest BCUT2D eigenvalue weighted by Gasteiger charge is -2.46. The maximum Gasteiger partial charge on any atom is 0.338 e. The Morgan fingerprint density at radius 1 is 1.11 bits per heavy atom. The lowest BCUT2D eigenvalue weighted by atomic mass is 9.68. The first-order valence-electron chi connectivity index (χ1n) is 16.8. The Labute approximate surface area is 283 Å². The molecule has 1 aliphatic heterocycles. The van der Waals surface area contributed by atoms with E-state index in [0.29, 0.717) is 31.1 Å². The summed E-state index contributed by atoms with van der Waals surface area (Å²) in [6.07, 6.45) is 6.27. The minimum atomic E-state index is -0.601. The first kappa shape index (κ1) is 33.4. The number of ether oxygens (including phenoxy) is 4. The van der Waals surface area contributed by atoms with Gasteiger partial charge in [0.1, 0.15) is 23.4 Å². The molecule has 4 atom stereocenters. The summed E-state index contributed by atoms with van der Waals surface area (Å²) < 4.78 is 24.1. The van der Waals surface area contributed by atoms with Crippen molar-refractivity contribution in [2.24, 2.45) is 11.8 Å². The third kappa shape index (κ3) is 7.47. The van der Waals surface area contributed by atoms with Gasteiger partial charge in [-0.25, -0.2) is 4.79 Å². The van der Waals surface area contributed by atoms with Crippen LogP contribution in [0.5, 0.6) is 11.5 Å². The molecule has 3 aliphatic rings. The highest BCUT2D eigenvalue weighted by molar-refractivity contribution is 6.30. The topological polar surface area (TPSA) is 74.3 Å². The summed E-state index contributed by atoms with van der Waals surface area (Å²) in [6, 6.07) is 19.8. The average Bonchev–Trinajstić information content (AvgIpc) is 3.18. The van der Waals surface area contributed by atoms with Crippen LogP contribution >= 0.6 is 11.6 Å². The second-order valence-electron chi connectivity index (χ2n) is 14.4. The van der Waals surface area contributed by atoms with Crippen LogP contribution in [0.15, 0.2) is 60.7 Å². The van der Waals surface area contributed by atoms with Crippen molar-refractivity contribution in [3.63, 3.8) is 0 Å². The first-order chi connectivity index (χ1) is 22.6. The van der Waals surface area contributed by atoms with Gasteiger partial charge in [-0.15, -0.1) is 0 Å². The monoisotopic (exact) mass is 659 g/mol. The fraction of sp³-hybridized carbons (Fsp3) is 0.487. The number of esters is 1. The van der Waals surface area contributed by atoms with E-state index in [9.17, 15) is 9.59 Å². The molecular formula is C39H46ClNO6. The number of rotatable bonds is 10. The Morgan fingerprint density at radius 3 is 2.62 bits per heavy atom. The number of methoxy groups -OCH3 is 1. The van der Waals surface area contributed by atoms with Crippen molar-refractivity contribution >= 4 is 29.5 Å². The van der Waals surface area contributed by atoms with Crippen molar-refractivity contribution in [3.8, 4) is 11.5 Å². The number of carbonyl (C=O) groups excluding carboxylic acids is 2. The lowest BCUT2D eigenvalue weighted by Crippen LogP contribution is -2.50. The fourth-order valence-corrected chi connectivity index (χ4v) is 7.75. The van der Waals surface area contributed by atoms with Crippen LogP contribution in [0.2, 0.25) is 5.02 Å². The number of anilines is 1. The summed E-state index contributed by atoms with van der Waals surface area (Å²) in [4.78, 5) is 27.5. The predicted octanol–water partition coefficient (Wildman–Crippen LogP) is 7.98. The molecule has 7 nitrogen and oxygen atoms in total. The van der Waals surface area contributed by atoms with Crippen LogP contribution in [0.1, 0.15) is 79.9 Å². The van der Waals surface area contributed by atoms with E-state index in [1.54, 1.807) is 13.2 Å². The normalized spacial score (nSPS) is 22.6. The number of aldehydes is 1. The SMILES string of the molecule is COc1ccc(CO[C@@H](CC=O)[C@@H]2CC[C@H]2CN2CC3(CCCc4cc(Cl)ccc43)COc3ccc(C(=O)OC(C)(C)C)cc32)cc1. The van der Waals surface area contributed by atoms with E-state index in [1.807, 2.05) is 63.2 Å². The summed E-state index contributed by atoms with van der Waals surface area (Å²) in [7, 11) is 1.65. The van der Waals surface area contributed by atoms with E-state index in [0.717, 1.165) is 79.3 Å². The van der Waals surface area contributed by atoms with Gasteiger partial charge in [-0.2, -0.15) is 0 Å². The highest BCUT2D eigenvalue weighted by Gasteiger charge is 2.44. The van der Waals surface area contributed by atoms with Gasteiger partial charge in [-0.05, 0) is 124 Å². The molecule has 0 bridgehead atoms. The van der Waals surface area contributed by atoms with Crippen molar-refractivity contribution in [1.29, 1.82) is 0 Å². The van der Waals surface area contributed by atoms with Gasteiger partial charge in [-0.1, -0.05) is 29.8 Å². The highest BCUT2D eigenvalue weighted by Crippen LogP contribution is 2.47. The van der Waals surface area contributed by atoms with Gasteiger partial charge in [0.05, 0.1) is 37.7 Å². The van der Waals surface area contributed by atoms with E-state index in [1.165, 1.54) is 11.1 Å². The summed E-state index contributed by atoms with van der Waals surface area (Å²) in [6.45, 7) is 8.14. The number of fused-ring (bicyclic) bond motifs is 3. The van der Waals surface area contributed by atoms with Crippen LogP contribution in [-0.4, -0.2) is 50.8 Å². The smallest absolute Gasteiger partial charge is 0.338 e. The third-order valence-corrected chi connectivity index (χ3v) is 10.3.